The van der Waals surface area contributed by atoms with Gasteiger partial charge in [-0.2, -0.15) is 0 Å². The van der Waals surface area contributed by atoms with Crippen LogP contribution in [0.2, 0.25) is 0 Å². The van der Waals surface area contributed by atoms with Gasteiger partial charge in [-0.15, -0.1) is 0 Å². The predicted octanol–water partition coefficient (Wildman–Crippen LogP) is 2.16. The molecule has 0 rings (SSSR count). The summed E-state index contributed by atoms with van der Waals surface area (Å²) in [6, 6.07) is 0. The molecule has 13 heavy (non-hydrogen) atoms. The second-order valence-corrected chi connectivity index (χ2v) is 4.94. The van der Waals surface area contributed by atoms with Gasteiger partial charge in [0.2, 0.25) is 0 Å². The van der Waals surface area contributed by atoms with Crippen molar-refractivity contribution in [1.82, 2.24) is 0 Å². The molecule has 0 aromatic rings. The molecule has 1 unspecified atom stereocenters. The molecule has 0 spiro atoms. The van der Waals surface area contributed by atoms with Crippen LogP contribution in [0.4, 0.5) is 13.2 Å². The van der Waals surface area contributed by atoms with Gasteiger partial charge in [-0.25, -0.2) is 0 Å². The first-order valence-corrected chi connectivity index (χ1v) is 6.34. The molecule has 0 N–H and O–H groups in total. The zero-order chi connectivity index (χ0) is 10.3. The van der Waals surface area contributed by atoms with Gasteiger partial charge >= 0.3 is 86.9 Å². The van der Waals surface area contributed by atoms with Crippen LogP contribution in [0.3, 0.4) is 0 Å². The van der Waals surface area contributed by atoms with Crippen LogP contribution < -0.4 is 0 Å². The van der Waals surface area contributed by atoms with Gasteiger partial charge in [0.1, 0.15) is 0 Å². The van der Waals surface area contributed by atoms with E-state index >= 15 is 0 Å². The van der Waals surface area contributed by atoms with E-state index in [-0.39, 0.29) is 0 Å². The van der Waals surface area contributed by atoms with Crippen molar-refractivity contribution in [1.29, 1.82) is 0 Å². The second-order valence-electron chi connectivity index (χ2n) is 2.81. The molecule has 0 saturated heterocycles. The fraction of sp³-hybridized carbons (Fsp3) is 1.00. The molecule has 1 atom stereocenters. The minimum atomic E-state index is -4.22. The van der Waals surface area contributed by atoms with E-state index in [4.69, 9.17) is 3.07 Å². The first-order valence-electron chi connectivity index (χ1n) is 4.01. The Bertz CT molecular complexity index is 129. The van der Waals surface area contributed by atoms with Gasteiger partial charge < -0.3 is 0 Å². The van der Waals surface area contributed by atoms with Crippen LogP contribution >= 0.6 is 0 Å². The molecular weight excluding hydrogens is 292 g/mol. The third-order valence-corrected chi connectivity index (χ3v) is 2.98. The van der Waals surface area contributed by atoms with Crippen LogP contribution in [0, 0.1) is 5.92 Å². The molecule has 6 heteroatoms. The van der Waals surface area contributed by atoms with E-state index in [1.165, 1.54) is 0 Å². The van der Waals surface area contributed by atoms with Crippen molar-refractivity contribution in [2.75, 3.05) is 13.2 Å². The van der Waals surface area contributed by atoms with Crippen LogP contribution in [0.1, 0.15) is 20.3 Å². The first-order chi connectivity index (χ1) is 5.95. The number of hydrogen-bond acceptors (Lipinski definition) is 2. The zero-order valence-electron chi connectivity index (χ0n) is 7.65. The second kappa shape index (κ2) is 6.89. The SMILES string of the molecule is CCC(C)C[O][Sn][O]CC(F)(F)F. The minimum absolute atomic E-state index is 0.399. The first kappa shape index (κ1) is 13.5. The van der Waals surface area contributed by atoms with Crippen molar-refractivity contribution in [2.24, 2.45) is 5.92 Å². The molecule has 78 valence electrons. The summed E-state index contributed by atoms with van der Waals surface area (Å²) in [7, 11) is 0. The Balaban J connectivity index is 3.18. The molecule has 0 amide bonds. The average Bonchev–Trinajstić information content (AvgIpc) is 2.01. The molecule has 0 aliphatic heterocycles. The van der Waals surface area contributed by atoms with Crippen molar-refractivity contribution in [3.63, 3.8) is 0 Å². The number of rotatable bonds is 6. The van der Waals surface area contributed by atoms with Crippen LogP contribution in [-0.2, 0) is 6.15 Å². The van der Waals surface area contributed by atoms with E-state index in [1.54, 1.807) is 0 Å². The topological polar surface area (TPSA) is 18.5 Å². The van der Waals surface area contributed by atoms with Crippen molar-refractivity contribution in [2.45, 2.75) is 26.4 Å². The van der Waals surface area contributed by atoms with E-state index in [0.29, 0.717) is 12.5 Å². The zero-order valence-corrected chi connectivity index (χ0v) is 10.5. The van der Waals surface area contributed by atoms with Crippen LogP contribution in [0.15, 0.2) is 0 Å². The van der Waals surface area contributed by atoms with Gasteiger partial charge in [0, 0.05) is 0 Å². The summed E-state index contributed by atoms with van der Waals surface area (Å²) in [4.78, 5) is 0. The summed E-state index contributed by atoms with van der Waals surface area (Å²) in [6.07, 6.45) is -3.25. The summed E-state index contributed by atoms with van der Waals surface area (Å²) in [6.45, 7) is 3.35. The molecule has 0 bridgehead atoms. The quantitative estimate of drug-likeness (QED) is 0.553. The van der Waals surface area contributed by atoms with Crippen LogP contribution in [-0.4, -0.2) is 41.4 Å². The van der Waals surface area contributed by atoms with Crippen molar-refractivity contribution < 1.29 is 19.3 Å². The third-order valence-electron chi connectivity index (χ3n) is 1.42. The predicted molar refractivity (Wildman–Crippen MR) is 43.2 cm³/mol. The molecule has 0 aromatic heterocycles. The van der Waals surface area contributed by atoms with Crippen molar-refractivity contribution in [3.05, 3.63) is 0 Å². The Morgan fingerprint density at radius 3 is 2.38 bits per heavy atom. The summed E-state index contributed by atoms with van der Waals surface area (Å²) in [5.74, 6) is 0.399. The summed E-state index contributed by atoms with van der Waals surface area (Å²) in [5, 5.41) is 0. The molecular formula is C7H13F3O2Sn. The van der Waals surface area contributed by atoms with Gasteiger partial charge in [0.15, 0.2) is 0 Å². The summed E-state index contributed by atoms with van der Waals surface area (Å²) < 4.78 is 44.1. The Labute approximate surface area is 87.1 Å². The maximum absolute atomic E-state index is 11.6. The number of alkyl halides is 3. The van der Waals surface area contributed by atoms with Crippen molar-refractivity contribution in [3.8, 4) is 0 Å². The van der Waals surface area contributed by atoms with Crippen LogP contribution in [0.5, 0.6) is 0 Å². The van der Waals surface area contributed by atoms with E-state index in [9.17, 15) is 13.2 Å². The van der Waals surface area contributed by atoms with Crippen molar-refractivity contribution >= 4 is 22.0 Å². The molecule has 0 aliphatic carbocycles. The standard InChI is InChI=1S/C5H11O.C2H2F3O.Sn/c1-3-5(2)4-6;3-2(4,5)1-6;/h5H,3-4H2,1-2H3;1H2;/q2*-1;+2. The fourth-order valence-electron chi connectivity index (χ4n) is 0.447. The number of hydrogen-bond donors (Lipinski definition) is 0. The molecule has 0 heterocycles. The third kappa shape index (κ3) is 10.4. The van der Waals surface area contributed by atoms with E-state index < -0.39 is 34.8 Å². The Hall–Kier alpha value is 0.509. The van der Waals surface area contributed by atoms with Gasteiger partial charge in [0.05, 0.1) is 0 Å². The van der Waals surface area contributed by atoms with E-state index in [0.717, 1.165) is 6.42 Å². The van der Waals surface area contributed by atoms with Crippen LogP contribution in [0.25, 0.3) is 0 Å². The maximum atomic E-state index is 11.6. The molecule has 0 saturated carbocycles. The average molecular weight is 305 g/mol. The molecule has 0 fully saturated rings. The van der Waals surface area contributed by atoms with E-state index in [1.807, 2.05) is 13.8 Å². The normalized spacial score (nSPS) is 14.5. The Morgan fingerprint density at radius 1 is 1.31 bits per heavy atom. The molecule has 0 aromatic carbocycles. The molecule has 2 radical (unpaired) electrons. The fourth-order valence-corrected chi connectivity index (χ4v) is 2.33. The molecule has 2 nitrogen and oxygen atoms in total. The summed E-state index contributed by atoms with van der Waals surface area (Å²) in [5.41, 5.74) is 0. The van der Waals surface area contributed by atoms with Gasteiger partial charge in [-0.3, -0.25) is 0 Å². The van der Waals surface area contributed by atoms with Gasteiger partial charge in [0.25, 0.3) is 0 Å². The monoisotopic (exact) mass is 306 g/mol. The van der Waals surface area contributed by atoms with E-state index in [2.05, 4.69) is 3.07 Å². The van der Waals surface area contributed by atoms with Gasteiger partial charge in [-0.1, -0.05) is 0 Å². The Kier molecular flexibility index (Phi) is 7.16. The summed E-state index contributed by atoms with van der Waals surface area (Å²) >= 11 is -1.70. The molecule has 0 aliphatic rings. The van der Waals surface area contributed by atoms with Gasteiger partial charge in [-0.05, 0) is 0 Å². The Morgan fingerprint density at radius 2 is 1.92 bits per heavy atom. The number of halogens is 3.